The third kappa shape index (κ3) is 4.07. The number of anilines is 1. The second-order valence-corrected chi connectivity index (χ2v) is 11.0. The second-order valence-electron chi connectivity index (χ2n) is 7.20. The molecule has 1 aliphatic heterocycles. The highest BCUT2D eigenvalue weighted by molar-refractivity contribution is 7.95. The van der Waals surface area contributed by atoms with E-state index >= 15 is 0 Å². The van der Waals surface area contributed by atoms with E-state index < -0.39 is 38.4 Å². The number of amides is 1. The van der Waals surface area contributed by atoms with Crippen molar-refractivity contribution in [1.29, 1.82) is 0 Å². The summed E-state index contributed by atoms with van der Waals surface area (Å²) in [5.74, 6) is -2.57. The number of thiazole rings is 1. The summed E-state index contributed by atoms with van der Waals surface area (Å²) in [7, 11) is -3.14. The molecule has 176 valence electrons. The fourth-order valence-corrected chi connectivity index (χ4v) is 6.40. The number of carbonyl (C=O) groups is 2. The van der Waals surface area contributed by atoms with Gasteiger partial charge in [-0.2, -0.15) is 0 Å². The van der Waals surface area contributed by atoms with Crippen molar-refractivity contribution in [3.05, 3.63) is 85.4 Å². The van der Waals surface area contributed by atoms with Crippen LogP contribution in [0.15, 0.2) is 64.1 Å². The number of aliphatic hydroxyl groups excluding tert-OH is 1. The van der Waals surface area contributed by atoms with Gasteiger partial charge in [0.1, 0.15) is 15.8 Å². The van der Waals surface area contributed by atoms with Crippen LogP contribution in [0.1, 0.15) is 27.0 Å². The van der Waals surface area contributed by atoms with Crippen LogP contribution in [-0.2, 0) is 19.4 Å². The molecule has 0 unspecified atom stereocenters. The Hall–Kier alpha value is -2.92. The zero-order chi connectivity index (χ0) is 24.8. The number of carbonyl (C=O) groups excluding carboxylic acids is 2. The number of sulfone groups is 1. The normalized spacial score (nSPS) is 16.3. The van der Waals surface area contributed by atoms with E-state index in [9.17, 15) is 23.1 Å². The average molecular weight is 539 g/mol. The standard InChI is InChI=1S/C22H16Cl2N2O6S2/c1-11-18(21(29)32-2)33-22(25-11)26-16(12-3-5-13(23)6-4-12)19(17(27)20(26)28)34(30,31)15-9-7-14(24)8-10-15/h3-10,16,27H,1-2H3/t16-/m0/s1. The molecule has 1 aliphatic rings. The number of nitrogens with zero attached hydrogens (tertiary/aromatic N) is 2. The molecule has 1 aromatic heterocycles. The second kappa shape index (κ2) is 9.03. The summed E-state index contributed by atoms with van der Waals surface area (Å²) in [5, 5.41) is 11.5. The van der Waals surface area contributed by atoms with Crippen molar-refractivity contribution in [3.8, 4) is 0 Å². The highest BCUT2D eigenvalue weighted by Crippen LogP contribution is 2.46. The van der Waals surface area contributed by atoms with Crippen molar-refractivity contribution in [1.82, 2.24) is 4.98 Å². The number of methoxy groups -OCH3 is 1. The van der Waals surface area contributed by atoms with Crippen molar-refractivity contribution < 1.29 is 27.9 Å². The summed E-state index contributed by atoms with van der Waals surface area (Å²) >= 11 is 12.8. The van der Waals surface area contributed by atoms with Gasteiger partial charge in [-0.15, -0.1) is 0 Å². The lowest BCUT2D eigenvalue weighted by Crippen LogP contribution is -2.31. The van der Waals surface area contributed by atoms with Gasteiger partial charge < -0.3 is 9.84 Å². The van der Waals surface area contributed by atoms with E-state index in [1.54, 1.807) is 19.1 Å². The van der Waals surface area contributed by atoms with Crippen molar-refractivity contribution in [2.24, 2.45) is 0 Å². The van der Waals surface area contributed by atoms with Crippen LogP contribution in [0.5, 0.6) is 0 Å². The molecule has 1 N–H and O–H groups in total. The Kier molecular flexibility index (Phi) is 6.43. The third-order valence-electron chi connectivity index (χ3n) is 5.12. The Morgan fingerprint density at radius 3 is 2.21 bits per heavy atom. The number of ether oxygens (including phenoxy) is 1. The van der Waals surface area contributed by atoms with Gasteiger partial charge in [0.25, 0.3) is 5.91 Å². The molecular formula is C22H16Cl2N2O6S2. The van der Waals surface area contributed by atoms with Crippen LogP contribution in [0.4, 0.5) is 5.13 Å². The summed E-state index contributed by atoms with van der Waals surface area (Å²) in [6.45, 7) is 1.56. The Morgan fingerprint density at radius 2 is 1.65 bits per heavy atom. The first-order valence-electron chi connectivity index (χ1n) is 9.64. The van der Waals surface area contributed by atoms with Crippen LogP contribution in [-0.4, -0.2) is 37.5 Å². The molecule has 3 aromatic rings. The largest absolute Gasteiger partial charge is 0.502 e. The van der Waals surface area contributed by atoms with E-state index in [1.807, 2.05) is 0 Å². The number of rotatable bonds is 5. The molecule has 4 rings (SSSR count). The lowest BCUT2D eigenvalue weighted by atomic mass is 10.1. The summed E-state index contributed by atoms with van der Waals surface area (Å²) in [5.41, 5.74) is 0.657. The Morgan fingerprint density at radius 1 is 1.09 bits per heavy atom. The molecule has 0 aliphatic carbocycles. The predicted molar refractivity (Wildman–Crippen MR) is 128 cm³/mol. The van der Waals surface area contributed by atoms with Gasteiger partial charge >= 0.3 is 5.97 Å². The topological polar surface area (TPSA) is 114 Å². The molecule has 8 nitrogen and oxygen atoms in total. The van der Waals surface area contributed by atoms with Crippen LogP contribution in [0.25, 0.3) is 0 Å². The molecule has 0 spiro atoms. The zero-order valence-corrected chi connectivity index (χ0v) is 20.8. The number of aliphatic hydroxyl groups is 1. The minimum atomic E-state index is -4.35. The van der Waals surface area contributed by atoms with E-state index in [4.69, 9.17) is 27.9 Å². The minimum absolute atomic E-state index is 0.0238. The van der Waals surface area contributed by atoms with Gasteiger partial charge in [-0.3, -0.25) is 9.69 Å². The molecule has 0 bridgehead atoms. The monoisotopic (exact) mass is 538 g/mol. The summed E-state index contributed by atoms with van der Waals surface area (Å²) in [6, 6.07) is 10.3. The Labute approximate surface area is 208 Å². The van der Waals surface area contributed by atoms with Gasteiger partial charge in [0.2, 0.25) is 9.84 Å². The first kappa shape index (κ1) is 24.2. The molecule has 2 aromatic carbocycles. The highest BCUT2D eigenvalue weighted by Gasteiger charge is 2.49. The SMILES string of the molecule is COC(=O)c1sc(N2C(=O)C(O)=C(S(=O)(=O)c3ccc(Cl)cc3)[C@@H]2c2ccc(Cl)cc2)nc1C. The molecule has 34 heavy (non-hydrogen) atoms. The van der Waals surface area contributed by atoms with E-state index in [0.29, 0.717) is 21.3 Å². The smallest absolute Gasteiger partial charge is 0.350 e. The number of hydrogen-bond donors (Lipinski definition) is 1. The number of aryl methyl sites for hydroxylation is 1. The molecule has 0 radical (unpaired) electrons. The van der Waals surface area contributed by atoms with Crippen LogP contribution < -0.4 is 4.90 Å². The van der Waals surface area contributed by atoms with Crippen molar-refractivity contribution in [3.63, 3.8) is 0 Å². The Balaban J connectivity index is 1.93. The van der Waals surface area contributed by atoms with Crippen molar-refractivity contribution in [2.45, 2.75) is 17.9 Å². The van der Waals surface area contributed by atoms with Crippen molar-refractivity contribution >= 4 is 61.4 Å². The van der Waals surface area contributed by atoms with Gasteiger partial charge in [-0.25, -0.2) is 18.2 Å². The highest BCUT2D eigenvalue weighted by atomic mass is 35.5. The summed E-state index contributed by atoms with van der Waals surface area (Å²) in [6.07, 6.45) is 0. The summed E-state index contributed by atoms with van der Waals surface area (Å²) in [4.78, 5) is 30.1. The van der Waals surface area contributed by atoms with Gasteiger partial charge in [-0.05, 0) is 48.9 Å². The number of aromatic nitrogens is 1. The first-order valence-corrected chi connectivity index (χ1v) is 12.7. The van der Waals surface area contributed by atoms with Crippen molar-refractivity contribution in [2.75, 3.05) is 12.0 Å². The molecule has 1 amide bonds. The van der Waals surface area contributed by atoms with Gasteiger partial charge in [0.05, 0.1) is 17.7 Å². The maximum Gasteiger partial charge on any atom is 0.350 e. The van der Waals surface area contributed by atoms with Crippen LogP contribution in [0.2, 0.25) is 10.0 Å². The minimum Gasteiger partial charge on any atom is -0.502 e. The number of hydrogen-bond acceptors (Lipinski definition) is 8. The molecular weight excluding hydrogens is 523 g/mol. The van der Waals surface area contributed by atoms with Crippen LogP contribution >= 0.6 is 34.5 Å². The first-order chi connectivity index (χ1) is 16.1. The van der Waals surface area contributed by atoms with Gasteiger partial charge in [0, 0.05) is 10.0 Å². The Bertz CT molecular complexity index is 1430. The summed E-state index contributed by atoms with van der Waals surface area (Å²) < 4.78 is 32.0. The van der Waals surface area contributed by atoms with E-state index in [2.05, 4.69) is 4.98 Å². The third-order valence-corrected chi connectivity index (χ3v) is 8.65. The average Bonchev–Trinajstić information content (AvgIpc) is 3.31. The fraction of sp³-hybridized carbons (Fsp3) is 0.136. The number of esters is 1. The van der Waals surface area contributed by atoms with E-state index in [0.717, 1.165) is 16.2 Å². The molecule has 0 fully saturated rings. The van der Waals surface area contributed by atoms with E-state index in [-0.39, 0.29) is 14.9 Å². The lowest BCUT2D eigenvalue weighted by molar-refractivity contribution is -0.117. The maximum atomic E-state index is 13.6. The number of halogens is 2. The fourth-order valence-electron chi connectivity index (χ4n) is 3.51. The quantitative estimate of drug-likeness (QED) is 0.460. The van der Waals surface area contributed by atoms with Crippen LogP contribution in [0.3, 0.4) is 0 Å². The lowest BCUT2D eigenvalue weighted by Gasteiger charge is -2.24. The van der Waals surface area contributed by atoms with Crippen LogP contribution in [0, 0.1) is 6.92 Å². The van der Waals surface area contributed by atoms with Gasteiger partial charge in [-0.1, -0.05) is 46.7 Å². The number of benzene rings is 2. The molecule has 2 heterocycles. The van der Waals surface area contributed by atoms with Gasteiger partial charge in [0.15, 0.2) is 10.9 Å². The zero-order valence-electron chi connectivity index (χ0n) is 17.7. The maximum absolute atomic E-state index is 13.6. The molecule has 1 atom stereocenters. The van der Waals surface area contributed by atoms with E-state index in [1.165, 1.54) is 43.5 Å². The predicted octanol–water partition coefficient (Wildman–Crippen LogP) is 4.88. The molecule has 12 heteroatoms. The molecule has 0 saturated heterocycles. The molecule has 0 saturated carbocycles.